The summed E-state index contributed by atoms with van der Waals surface area (Å²) in [4.78, 5) is 0.897. The highest BCUT2D eigenvalue weighted by atomic mass is 32.1. The van der Waals surface area contributed by atoms with Crippen LogP contribution in [0.3, 0.4) is 0 Å². The third-order valence-corrected chi connectivity index (χ3v) is 3.89. The molecule has 0 aliphatic carbocycles. The molecule has 0 radical (unpaired) electrons. The Labute approximate surface area is 112 Å². The molecule has 0 amide bonds. The summed E-state index contributed by atoms with van der Waals surface area (Å²) in [5.74, 6) is 0. The van der Waals surface area contributed by atoms with E-state index in [9.17, 15) is 5.11 Å². The lowest BCUT2D eigenvalue weighted by Gasteiger charge is -2.09. The third kappa shape index (κ3) is 3.40. The second kappa shape index (κ2) is 6.66. The van der Waals surface area contributed by atoms with Crippen molar-refractivity contribution >= 4 is 11.5 Å². The van der Waals surface area contributed by atoms with E-state index in [0.717, 1.165) is 16.9 Å². The topological polar surface area (TPSA) is 33.1 Å². The lowest BCUT2D eigenvalue weighted by molar-refractivity contribution is 0.224. The zero-order valence-corrected chi connectivity index (χ0v) is 11.5. The maximum Gasteiger partial charge on any atom is 0.115 e. The van der Waals surface area contributed by atoms with E-state index in [1.54, 1.807) is 6.20 Å². The Morgan fingerprint density at radius 2 is 1.94 bits per heavy atom. The van der Waals surface area contributed by atoms with E-state index in [-0.39, 0.29) is 0 Å². The Kier molecular flexibility index (Phi) is 4.90. The zero-order valence-electron chi connectivity index (χ0n) is 10.7. The molecule has 1 N–H and O–H groups in total. The monoisotopic (exact) mass is 261 g/mol. The van der Waals surface area contributed by atoms with Gasteiger partial charge >= 0.3 is 0 Å². The van der Waals surface area contributed by atoms with Crippen LogP contribution >= 0.6 is 11.5 Å². The predicted molar refractivity (Wildman–Crippen MR) is 75.8 cm³/mol. The first-order chi connectivity index (χ1) is 8.81. The fourth-order valence-electron chi connectivity index (χ4n) is 1.98. The van der Waals surface area contributed by atoms with Crippen LogP contribution in [0.25, 0.3) is 0 Å². The molecule has 2 rings (SSSR count). The number of aryl methyl sites for hydroxylation is 1. The summed E-state index contributed by atoms with van der Waals surface area (Å²) in [6.45, 7) is 2.22. The molecule has 1 aromatic carbocycles. The quantitative estimate of drug-likeness (QED) is 0.798. The van der Waals surface area contributed by atoms with Crippen molar-refractivity contribution in [2.24, 2.45) is 0 Å². The number of benzene rings is 1. The van der Waals surface area contributed by atoms with Crippen LogP contribution in [0.2, 0.25) is 0 Å². The molecule has 1 aromatic heterocycles. The smallest absolute Gasteiger partial charge is 0.115 e. The van der Waals surface area contributed by atoms with Crippen molar-refractivity contribution in [3.05, 3.63) is 52.5 Å². The molecule has 1 atom stereocenters. The molecule has 3 heteroatoms. The van der Waals surface area contributed by atoms with Crippen molar-refractivity contribution < 1.29 is 5.11 Å². The van der Waals surface area contributed by atoms with Crippen molar-refractivity contribution in [1.82, 2.24) is 4.37 Å². The van der Waals surface area contributed by atoms with Crippen LogP contribution in [0, 0.1) is 0 Å². The highest BCUT2D eigenvalue weighted by Gasteiger charge is 2.11. The summed E-state index contributed by atoms with van der Waals surface area (Å²) >= 11 is 1.35. The van der Waals surface area contributed by atoms with Gasteiger partial charge in [0, 0.05) is 6.20 Å². The van der Waals surface area contributed by atoms with Crippen molar-refractivity contribution in [2.45, 2.75) is 38.7 Å². The van der Waals surface area contributed by atoms with E-state index in [0.29, 0.717) is 0 Å². The number of rotatable bonds is 6. The molecule has 0 saturated heterocycles. The zero-order chi connectivity index (χ0) is 12.8. The van der Waals surface area contributed by atoms with Gasteiger partial charge in [0.2, 0.25) is 0 Å². The number of nitrogens with zero attached hydrogens (tertiary/aromatic N) is 1. The summed E-state index contributed by atoms with van der Waals surface area (Å²) in [7, 11) is 0. The van der Waals surface area contributed by atoms with Gasteiger partial charge in [-0.3, -0.25) is 0 Å². The summed E-state index contributed by atoms with van der Waals surface area (Å²) in [5, 5.41) is 10.2. The van der Waals surface area contributed by atoms with Crippen LogP contribution in [0.5, 0.6) is 0 Å². The van der Waals surface area contributed by atoms with Gasteiger partial charge in [0.1, 0.15) is 6.10 Å². The van der Waals surface area contributed by atoms with Crippen LogP contribution in [-0.4, -0.2) is 9.48 Å². The van der Waals surface area contributed by atoms with E-state index < -0.39 is 6.10 Å². The van der Waals surface area contributed by atoms with Crippen LogP contribution < -0.4 is 0 Å². The lowest BCUT2D eigenvalue weighted by Crippen LogP contribution is -1.97. The van der Waals surface area contributed by atoms with E-state index in [1.807, 2.05) is 18.2 Å². The highest BCUT2D eigenvalue weighted by molar-refractivity contribution is 7.05. The molecule has 96 valence electrons. The Morgan fingerprint density at radius 3 is 2.56 bits per heavy atom. The van der Waals surface area contributed by atoms with Gasteiger partial charge in [-0.15, -0.1) is 0 Å². The molecule has 0 unspecified atom stereocenters. The Morgan fingerprint density at radius 1 is 1.17 bits per heavy atom. The Bertz CT molecular complexity index is 450. The molecule has 18 heavy (non-hydrogen) atoms. The molecule has 0 bridgehead atoms. The number of hydrogen-bond acceptors (Lipinski definition) is 3. The minimum atomic E-state index is -0.540. The molecular formula is C15H19NOS. The van der Waals surface area contributed by atoms with E-state index >= 15 is 0 Å². The second-order valence-electron chi connectivity index (χ2n) is 4.52. The van der Waals surface area contributed by atoms with Crippen molar-refractivity contribution in [1.29, 1.82) is 0 Å². The van der Waals surface area contributed by atoms with Gasteiger partial charge in [0.25, 0.3) is 0 Å². The molecule has 0 fully saturated rings. The molecule has 0 aliphatic heterocycles. The Hall–Kier alpha value is -1.19. The molecule has 1 heterocycles. The van der Waals surface area contributed by atoms with Crippen LogP contribution in [0.15, 0.2) is 36.5 Å². The summed E-state index contributed by atoms with van der Waals surface area (Å²) < 4.78 is 4.02. The summed E-state index contributed by atoms with van der Waals surface area (Å²) in [6.07, 6.45) is 6.09. The maximum absolute atomic E-state index is 10.2. The minimum Gasteiger partial charge on any atom is -0.383 e. The van der Waals surface area contributed by atoms with E-state index in [1.165, 1.54) is 36.4 Å². The first-order valence-corrected chi connectivity index (χ1v) is 7.26. The van der Waals surface area contributed by atoms with Crippen molar-refractivity contribution in [3.8, 4) is 0 Å². The first-order valence-electron chi connectivity index (χ1n) is 6.48. The summed E-state index contributed by atoms with van der Waals surface area (Å²) in [6, 6.07) is 10.1. The summed E-state index contributed by atoms with van der Waals surface area (Å²) in [5.41, 5.74) is 2.29. The highest BCUT2D eigenvalue weighted by Crippen LogP contribution is 2.24. The molecule has 0 aliphatic rings. The second-order valence-corrected chi connectivity index (χ2v) is 5.38. The van der Waals surface area contributed by atoms with Crippen molar-refractivity contribution in [3.63, 3.8) is 0 Å². The SMILES string of the molecule is CCCCCc1ccc([C@H](O)c2ccns2)cc1. The molecule has 2 nitrogen and oxygen atoms in total. The average molecular weight is 261 g/mol. The number of aromatic nitrogens is 1. The average Bonchev–Trinajstić information content (AvgIpc) is 2.93. The number of aliphatic hydroxyl groups is 1. The van der Waals surface area contributed by atoms with Crippen LogP contribution in [0.4, 0.5) is 0 Å². The maximum atomic E-state index is 10.2. The first kappa shape index (κ1) is 13.2. The lowest BCUT2D eigenvalue weighted by atomic mass is 10.0. The predicted octanol–water partition coefficient (Wildman–Crippen LogP) is 3.96. The van der Waals surface area contributed by atoms with Gasteiger partial charge in [-0.05, 0) is 41.6 Å². The van der Waals surface area contributed by atoms with Crippen LogP contribution in [-0.2, 0) is 6.42 Å². The van der Waals surface area contributed by atoms with Gasteiger partial charge < -0.3 is 5.11 Å². The third-order valence-electron chi connectivity index (χ3n) is 3.09. The van der Waals surface area contributed by atoms with Gasteiger partial charge in [-0.2, -0.15) is 0 Å². The van der Waals surface area contributed by atoms with Gasteiger partial charge in [0.05, 0.1) is 4.88 Å². The number of unbranched alkanes of at least 4 members (excludes halogenated alkanes) is 2. The van der Waals surface area contributed by atoms with Crippen LogP contribution in [0.1, 0.15) is 48.3 Å². The van der Waals surface area contributed by atoms with Gasteiger partial charge in [0.15, 0.2) is 0 Å². The largest absolute Gasteiger partial charge is 0.383 e. The fourth-order valence-corrected chi connectivity index (χ4v) is 2.58. The molecule has 0 saturated carbocycles. The normalized spacial score (nSPS) is 12.6. The standard InChI is InChI=1S/C15H19NOS/c1-2-3-4-5-12-6-8-13(9-7-12)15(17)14-10-11-16-18-14/h6-11,15,17H,2-5H2,1H3/t15-/m0/s1. The number of hydrogen-bond donors (Lipinski definition) is 1. The fraction of sp³-hybridized carbons (Fsp3) is 0.400. The van der Waals surface area contributed by atoms with Gasteiger partial charge in [-0.25, -0.2) is 4.37 Å². The Balaban J connectivity index is 1.99. The molecular weight excluding hydrogens is 242 g/mol. The van der Waals surface area contributed by atoms with E-state index in [2.05, 4.69) is 23.4 Å². The molecule has 0 spiro atoms. The van der Waals surface area contributed by atoms with Crippen molar-refractivity contribution in [2.75, 3.05) is 0 Å². The minimum absolute atomic E-state index is 0.540. The van der Waals surface area contributed by atoms with Gasteiger partial charge in [-0.1, -0.05) is 44.0 Å². The number of aliphatic hydroxyl groups excluding tert-OH is 1. The molecule has 2 aromatic rings. The van der Waals surface area contributed by atoms with E-state index in [4.69, 9.17) is 0 Å².